The standard InChI is InChI=1S/C14H21NO2/c1-4-10-6-7-11(17-3)13(16)12(10)14(2)8-5-9-15-14/h6-7,15-16H,4-5,8-9H2,1-3H3. The number of phenols is 1. The fraction of sp³-hybridized carbons (Fsp3) is 0.571. The van der Waals surface area contributed by atoms with Gasteiger partial charge in [-0.05, 0) is 44.4 Å². The van der Waals surface area contributed by atoms with E-state index in [1.165, 1.54) is 5.56 Å². The van der Waals surface area contributed by atoms with Crippen molar-refractivity contribution in [2.24, 2.45) is 0 Å². The molecule has 2 rings (SSSR count). The maximum atomic E-state index is 10.4. The van der Waals surface area contributed by atoms with Gasteiger partial charge in [-0.2, -0.15) is 0 Å². The summed E-state index contributed by atoms with van der Waals surface area (Å²) in [5.41, 5.74) is 2.08. The zero-order valence-corrected chi connectivity index (χ0v) is 10.8. The van der Waals surface area contributed by atoms with Gasteiger partial charge in [-0.25, -0.2) is 0 Å². The maximum absolute atomic E-state index is 10.4. The predicted octanol–water partition coefficient (Wildman–Crippen LogP) is 2.56. The van der Waals surface area contributed by atoms with Gasteiger partial charge in [-0.1, -0.05) is 13.0 Å². The second kappa shape index (κ2) is 4.57. The van der Waals surface area contributed by atoms with E-state index in [9.17, 15) is 5.11 Å². The van der Waals surface area contributed by atoms with Crippen LogP contribution in [0.25, 0.3) is 0 Å². The van der Waals surface area contributed by atoms with Gasteiger partial charge in [-0.15, -0.1) is 0 Å². The van der Waals surface area contributed by atoms with Gasteiger partial charge in [-0.3, -0.25) is 0 Å². The van der Waals surface area contributed by atoms with Crippen LogP contribution in [0.15, 0.2) is 12.1 Å². The summed E-state index contributed by atoms with van der Waals surface area (Å²) in [5.74, 6) is 0.857. The van der Waals surface area contributed by atoms with E-state index in [0.29, 0.717) is 11.5 Å². The molecule has 1 heterocycles. The predicted molar refractivity (Wildman–Crippen MR) is 68.6 cm³/mol. The van der Waals surface area contributed by atoms with E-state index in [1.54, 1.807) is 7.11 Å². The Morgan fingerprint density at radius 2 is 2.24 bits per heavy atom. The number of phenolic OH excluding ortho intramolecular Hbond substituents is 1. The van der Waals surface area contributed by atoms with Crippen LogP contribution in [0.5, 0.6) is 11.5 Å². The topological polar surface area (TPSA) is 41.5 Å². The summed E-state index contributed by atoms with van der Waals surface area (Å²) in [7, 11) is 1.59. The number of nitrogens with one attached hydrogen (secondary N) is 1. The summed E-state index contributed by atoms with van der Waals surface area (Å²) in [6, 6.07) is 3.90. The number of ether oxygens (including phenoxy) is 1. The van der Waals surface area contributed by atoms with Gasteiger partial charge in [0.15, 0.2) is 11.5 Å². The van der Waals surface area contributed by atoms with Crippen LogP contribution in [0.2, 0.25) is 0 Å². The Morgan fingerprint density at radius 3 is 2.76 bits per heavy atom. The highest BCUT2D eigenvalue weighted by Crippen LogP contribution is 2.42. The normalized spacial score (nSPS) is 23.9. The average molecular weight is 235 g/mol. The van der Waals surface area contributed by atoms with Gasteiger partial charge in [0.1, 0.15) is 0 Å². The quantitative estimate of drug-likeness (QED) is 0.846. The number of benzene rings is 1. The molecule has 94 valence electrons. The summed E-state index contributed by atoms with van der Waals surface area (Å²) >= 11 is 0. The lowest BCUT2D eigenvalue weighted by atomic mass is 9.85. The van der Waals surface area contributed by atoms with Gasteiger partial charge >= 0.3 is 0 Å². The molecule has 0 spiro atoms. The Morgan fingerprint density at radius 1 is 1.47 bits per heavy atom. The lowest BCUT2D eigenvalue weighted by Gasteiger charge is -2.29. The van der Waals surface area contributed by atoms with Crippen molar-refractivity contribution < 1.29 is 9.84 Å². The summed E-state index contributed by atoms with van der Waals surface area (Å²) in [6.07, 6.45) is 3.13. The molecule has 0 radical (unpaired) electrons. The molecule has 1 aliphatic heterocycles. The van der Waals surface area contributed by atoms with Gasteiger partial charge in [0.2, 0.25) is 0 Å². The molecule has 0 bridgehead atoms. The van der Waals surface area contributed by atoms with E-state index in [1.807, 2.05) is 6.07 Å². The van der Waals surface area contributed by atoms with Gasteiger partial charge < -0.3 is 15.2 Å². The second-order valence-electron chi connectivity index (χ2n) is 4.87. The molecule has 0 saturated carbocycles. The first-order valence-corrected chi connectivity index (χ1v) is 6.26. The van der Waals surface area contributed by atoms with Crippen LogP contribution in [-0.2, 0) is 12.0 Å². The molecule has 1 aromatic rings. The number of methoxy groups -OCH3 is 1. The number of hydrogen-bond donors (Lipinski definition) is 2. The van der Waals surface area contributed by atoms with Crippen molar-refractivity contribution in [3.8, 4) is 11.5 Å². The molecule has 0 amide bonds. The fourth-order valence-corrected chi connectivity index (χ4v) is 2.80. The number of hydrogen-bond acceptors (Lipinski definition) is 3. The van der Waals surface area contributed by atoms with E-state index in [0.717, 1.165) is 31.4 Å². The van der Waals surface area contributed by atoms with E-state index < -0.39 is 0 Å². The minimum atomic E-state index is -0.121. The van der Waals surface area contributed by atoms with Gasteiger partial charge in [0, 0.05) is 11.1 Å². The molecule has 0 aliphatic carbocycles. The number of rotatable bonds is 3. The van der Waals surface area contributed by atoms with E-state index in [-0.39, 0.29) is 5.54 Å². The van der Waals surface area contributed by atoms with E-state index in [4.69, 9.17) is 4.74 Å². The highest BCUT2D eigenvalue weighted by molar-refractivity contribution is 5.53. The molecule has 1 aromatic carbocycles. The van der Waals surface area contributed by atoms with Crippen molar-refractivity contribution >= 4 is 0 Å². The van der Waals surface area contributed by atoms with Crippen molar-refractivity contribution in [2.45, 2.75) is 38.6 Å². The van der Waals surface area contributed by atoms with Gasteiger partial charge in [0.05, 0.1) is 7.11 Å². The van der Waals surface area contributed by atoms with Crippen molar-refractivity contribution in [2.75, 3.05) is 13.7 Å². The van der Waals surface area contributed by atoms with Crippen molar-refractivity contribution in [1.29, 1.82) is 0 Å². The smallest absolute Gasteiger partial charge is 0.163 e. The molecule has 1 atom stereocenters. The second-order valence-corrected chi connectivity index (χ2v) is 4.87. The molecule has 2 N–H and O–H groups in total. The minimum absolute atomic E-state index is 0.121. The first-order chi connectivity index (χ1) is 8.12. The Balaban J connectivity index is 2.56. The molecule has 1 saturated heterocycles. The first kappa shape index (κ1) is 12.2. The van der Waals surface area contributed by atoms with Crippen LogP contribution in [0.4, 0.5) is 0 Å². The van der Waals surface area contributed by atoms with Crippen molar-refractivity contribution in [3.05, 3.63) is 23.3 Å². The highest BCUT2D eigenvalue weighted by atomic mass is 16.5. The third-order valence-electron chi connectivity index (χ3n) is 3.75. The highest BCUT2D eigenvalue weighted by Gasteiger charge is 2.35. The Labute approximate surface area is 103 Å². The molecule has 1 aliphatic rings. The van der Waals surface area contributed by atoms with Crippen LogP contribution in [0.3, 0.4) is 0 Å². The third-order valence-corrected chi connectivity index (χ3v) is 3.75. The lowest BCUT2D eigenvalue weighted by molar-refractivity contribution is 0.349. The average Bonchev–Trinajstić information content (AvgIpc) is 2.76. The molecule has 17 heavy (non-hydrogen) atoms. The summed E-state index contributed by atoms with van der Waals surface area (Å²) in [5, 5.41) is 13.9. The van der Waals surface area contributed by atoms with Gasteiger partial charge in [0.25, 0.3) is 0 Å². The Bertz CT molecular complexity index is 409. The van der Waals surface area contributed by atoms with Crippen LogP contribution < -0.4 is 10.1 Å². The van der Waals surface area contributed by atoms with Crippen molar-refractivity contribution in [1.82, 2.24) is 5.32 Å². The van der Waals surface area contributed by atoms with E-state index in [2.05, 4.69) is 25.2 Å². The lowest BCUT2D eigenvalue weighted by Crippen LogP contribution is -2.34. The molecule has 0 aromatic heterocycles. The SMILES string of the molecule is CCc1ccc(OC)c(O)c1C1(C)CCCN1. The van der Waals surface area contributed by atoms with Crippen LogP contribution in [0, 0.1) is 0 Å². The monoisotopic (exact) mass is 235 g/mol. The fourth-order valence-electron chi connectivity index (χ4n) is 2.80. The summed E-state index contributed by atoms with van der Waals surface area (Å²) in [6.45, 7) is 5.28. The first-order valence-electron chi connectivity index (χ1n) is 6.26. The van der Waals surface area contributed by atoms with E-state index >= 15 is 0 Å². The molecule has 1 fully saturated rings. The molecular formula is C14H21NO2. The minimum Gasteiger partial charge on any atom is -0.504 e. The summed E-state index contributed by atoms with van der Waals surface area (Å²) in [4.78, 5) is 0. The zero-order chi connectivity index (χ0) is 12.5. The summed E-state index contributed by atoms with van der Waals surface area (Å²) < 4.78 is 5.21. The Kier molecular flexibility index (Phi) is 3.29. The number of aryl methyl sites for hydroxylation is 1. The van der Waals surface area contributed by atoms with Crippen LogP contribution >= 0.6 is 0 Å². The molecular weight excluding hydrogens is 214 g/mol. The molecule has 3 heteroatoms. The molecule has 1 unspecified atom stereocenters. The Hall–Kier alpha value is -1.22. The maximum Gasteiger partial charge on any atom is 0.163 e. The number of aromatic hydroxyl groups is 1. The van der Waals surface area contributed by atoms with Crippen LogP contribution in [0.1, 0.15) is 37.8 Å². The third kappa shape index (κ3) is 2.00. The zero-order valence-electron chi connectivity index (χ0n) is 10.8. The molecule has 3 nitrogen and oxygen atoms in total. The van der Waals surface area contributed by atoms with Crippen molar-refractivity contribution in [3.63, 3.8) is 0 Å². The largest absolute Gasteiger partial charge is 0.504 e. The van der Waals surface area contributed by atoms with Crippen LogP contribution in [-0.4, -0.2) is 18.8 Å².